The summed E-state index contributed by atoms with van der Waals surface area (Å²) >= 11 is 0. The number of hydrogen-bond donors (Lipinski definition) is 3. The first-order valence-corrected chi connectivity index (χ1v) is 9.07. The molecular weight excluding hydrogens is 334 g/mol. The lowest BCUT2D eigenvalue weighted by atomic mass is 10.1. The highest BCUT2D eigenvalue weighted by molar-refractivity contribution is 5.87. The molecule has 7 nitrogen and oxygen atoms in total. The molecule has 2 rings (SSSR count). The summed E-state index contributed by atoms with van der Waals surface area (Å²) in [5, 5.41) is 5.76. The molecule has 0 bridgehead atoms. The van der Waals surface area contributed by atoms with Gasteiger partial charge in [0.1, 0.15) is 6.04 Å². The zero-order chi connectivity index (χ0) is 18.6. The molecule has 2 amide bonds. The number of aryl methyl sites for hydroxylation is 1. The summed E-state index contributed by atoms with van der Waals surface area (Å²) in [5.74, 6) is -0.273. The molecule has 2 aromatic rings. The number of amides is 2. The highest BCUT2D eigenvalue weighted by Crippen LogP contribution is 2.06. The molecule has 0 spiro atoms. The van der Waals surface area contributed by atoms with Gasteiger partial charge in [0.25, 0.3) is 0 Å². The van der Waals surface area contributed by atoms with Crippen molar-refractivity contribution in [3.8, 4) is 0 Å². The predicted molar refractivity (Wildman–Crippen MR) is 96.0 cm³/mol. The molecule has 2 heterocycles. The molecule has 0 aliphatic heterocycles. The Hall–Kier alpha value is -2.54. The van der Waals surface area contributed by atoms with Crippen molar-refractivity contribution in [2.45, 2.75) is 44.6 Å². The summed E-state index contributed by atoms with van der Waals surface area (Å²) in [4.78, 5) is 24.7. The van der Waals surface area contributed by atoms with Gasteiger partial charge in [0, 0.05) is 13.0 Å². The van der Waals surface area contributed by atoms with Crippen molar-refractivity contribution in [2.24, 2.45) is 0 Å². The molecule has 142 valence electrons. The molecule has 0 aliphatic carbocycles. The van der Waals surface area contributed by atoms with Gasteiger partial charge < -0.3 is 25.2 Å². The van der Waals surface area contributed by atoms with Gasteiger partial charge in [0.15, 0.2) is 0 Å². The molecule has 5 N–H and O–H groups in total. The summed E-state index contributed by atoms with van der Waals surface area (Å²) < 4.78 is 10.0. The van der Waals surface area contributed by atoms with E-state index in [1.165, 1.54) is 0 Å². The van der Waals surface area contributed by atoms with E-state index in [0.717, 1.165) is 30.5 Å². The van der Waals surface area contributed by atoms with Gasteiger partial charge in [-0.1, -0.05) is 0 Å². The van der Waals surface area contributed by atoms with Crippen LogP contribution in [0.2, 0.25) is 0 Å². The normalized spacial score (nSPS) is 11.9. The van der Waals surface area contributed by atoms with Crippen LogP contribution in [0.3, 0.4) is 0 Å². The molecule has 2 aromatic heterocycles. The fourth-order valence-corrected chi connectivity index (χ4v) is 2.64. The zero-order valence-corrected chi connectivity index (χ0v) is 15.0. The van der Waals surface area contributed by atoms with E-state index < -0.39 is 6.04 Å². The van der Waals surface area contributed by atoms with E-state index in [1.807, 2.05) is 12.1 Å². The van der Waals surface area contributed by atoms with Crippen molar-refractivity contribution in [3.05, 3.63) is 48.3 Å². The lowest BCUT2D eigenvalue weighted by molar-refractivity contribution is -0.368. The maximum atomic E-state index is 12.5. The van der Waals surface area contributed by atoms with E-state index in [0.29, 0.717) is 32.2 Å². The van der Waals surface area contributed by atoms with Crippen LogP contribution in [0.5, 0.6) is 0 Å². The average molecular weight is 362 g/mol. The van der Waals surface area contributed by atoms with Gasteiger partial charge in [-0.25, -0.2) is 0 Å². The summed E-state index contributed by atoms with van der Waals surface area (Å²) in [6.45, 7) is 1.33. The third-order valence-corrected chi connectivity index (χ3v) is 4.16. The Labute approximate surface area is 153 Å². The fourth-order valence-electron chi connectivity index (χ4n) is 2.64. The standard InChI is InChI=1S/C19H27N3O4/c20-9-2-1-3-17(19(24)21-10-6-16-8-12-26-14-16)22-18(23)5-4-15-7-11-25-13-15/h7-8,11-14,17H,1-6,9-10,20H2,(H,21,24)(H,22,23)/p+1/t17-/m0/s1. The van der Waals surface area contributed by atoms with Crippen molar-refractivity contribution in [1.29, 1.82) is 0 Å². The Morgan fingerprint density at radius 3 is 2.35 bits per heavy atom. The highest BCUT2D eigenvalue weighted by atomic mass is 16.3. The minimum absolute atomic E-state index is 0.129. The third-order valence-electron chi connectivity index (χ3n) is 4.16. The molecule has 0 aliphatic rings. The van der Waals surface area contributed by atoms with E-state index in [4.69, 9.17) is 8.83 Å². The average Bonchev–Trinajstić information content (AvgIpc) is 3.33. The zero-order valence-electron chi connectivity index (χ0n) is 15.0. The van der Waals surface area contributed by atoms with Gasteiger partial charge in [-0.05, 0) is 55.4 Å². The SMILES string of the molecule is [NH3+]CCCC[C@H](NC(=O)CCc1ccoc1)C(=O)NCCc1ccoc1. The molecule has 0 fully saturated rings. The van der Waals surface area contributed by atoms with E-state index in [-0.39, 0.29) is 11.8 Å². The Morgan fingerprint density at radius 2 is 1.73 bits per heavy atom. The van der Waals surface area contributed by atoms with Crippen molar-refractivity contribution in [2.75, 3.05) is 13.1 Å². The number of furan rings is 2. The highest BCUT2D eigenvalue weighted by Gasteiger charge is 2.20. The predicted octanol–water partition coefficient (Wildman–Crippen LogP) is 1.06. The Balaban J connectivity index is 1.78. The van der Waals surface area contributed by atoms with Gasteiger partial charge in [-0.3, -0.25) is 9.59 Å². The lowest BCUT2D eigenvalue weighted by Gasteiger charge is -2.18. The molecule has 0 saturated carbocycles. The smallest absolute Gasteiger partial charge is 0.242 e. The first kappa shape index (κ1) is 19.8. The molecule has 0 radical (unpaired) electrons. The van der Waals surface area contributed by atoms with Crippen LogP contribution in [0.4, 0.5) is 0 Å². The minimum atomic E-state index is -0.511. The van der Waals surface area contributed by atoms with Crippen LogP contribution in [0, 0.1) is 0 Å². The van der Waals surface area contributed by atoms with Crippen LogP contribution in [0.1, 0.15) is 36.8 Å². The number of nitrogens with one attached hydrogen (secondary N) is 2. The van der Waals surface area contributed by atoms with Gasteiger partial charge in [0.2, 0.25) is 11.8 Å². The molecule has 26 heavy (non-hydrogen) atoms. The van der Waals surface area contributed by atoms with Crippen molar-refractivity contribution in [3.63, 3.8) is 0 Å². The topological polar surface area (TPSA) is 112 Å². The van der Waals surface area contributed by atoms with E-state index in [9.17, 15) is 9.59 Å². The number of quaternary nitrogens is 1. The largest absolute Gasteiger partial charge is 0.472 e. The molecule has 0 unspecified atom stereocenters. The molecule has 7 heteroatoms. The lowest BCUT2D eigenvalue weighted by Crippen LogP contribution is -2.50. The monoisotopic (exact) mass is 362 g/mol. The number of rotatable bonds is 12. The number of unbranched alkanes of at least 4 members (excludes halogenated alkanes) is 1. The summed E-state index contributed by atoms with van der Waals surface area (Å²) in [6.07, 6.45) is 10.5. The maximum absolute atomic E-state index is 12.5. The van der Waals surface area contributed by atoms with Gasteiger partial charge in [-0.15, -0.1) is 0 Å². The number of hydrogen-bond acceptors (Lipinski definition) is 4. The van der Waals surface area contributed by atoms with Crippen LogP contribution in [0.15, 0.2) is 46.0 Å². The minimum Gasteiger partial charge on any atom is -0.472 e. The van der Waals surface area contributed by atoms with Crippen LogP contribution < -0.4 is 16.4 Å². The fraction of sp³-hybridized carbons (Fsp3) is 0.474. The second kappa shape index (κ2) is 11.1. The third kappa shape index (κ3) is 7.14. The second-order valence-corrected chi connectivity index (χ2v) is 6.27. The molecule has 1 atom stereocenters. The first-order valence-electron chi connectivity index (χ1n) is 9.07. The summed E-state index contributed by atoms with van der Waals surface area (Å²) in [6, 6.07) is 3.19. The quantitative estimate of drug-likeness (QED) is 0.490. The summed E-state index contributed by atoms with van der Waals surface area (Å²) in [5.41, 5.74) is 5.82. The first-order chi connectivity index (χ1) is 12.7. The number of carbonyl (C=O) groups is 2. The molecule has 0 saturated heterocycles. The van der Waals surface area contributed by atoms with Gasteiger partial charge >= 0.3 is 0 Å². The van der Waals surface area contributed by atoms with Crippen LogP contribution in [-0.2, 0) is 22.4 Å². The maximum Gasteiger partial charge on any atom is 0.242 e. The molecule has 0 aromatic carbocycles. The molecular formula is C19H28N3O4+. The Bertz CT molecular complexity index is 638. The van der Waals surface area contributed by atoms with Crippen molar-refractivity contribution < 1.29 is 24.2 Å². The van der Waals surface area contributed by atoms with Crippen molar-refractivity contribution in [1.82, 2.24) is 10.6 Å². The Morgan fingerprint density at radius 1 is 1.04 bits per heavy atom. The van der Waals surface area contributed by atoms with E-state index in [1.54, 1.807) is 25.1 Å². The number of carbonyl (C=O) groups excluding carboxylic acids is 2. The van der Waals surface area contributed by atoms with Gasteiger partial charge in [0.05, 0.1) is 31.6 Å². The van der Waals surface area contributed by atoms with Crippen molar-refractivity contribution >= 4 is 11.8 Å². The van der Waals surface area contributed by atoms with E-state index in [2.05, 4.69) is 16.4 Å². The van der Waals surface area contributed by atoms with Crippen LogP contribution >= 0.6 is 0 Å². The second-order valence-electron chi connectivity index (χ2n) is 6.27. The van der Waals surface area contributed by atoms with Crippen LogP contribution in [-0.4, -0.2) is 30.9 Å². The summed E-state index contributed by atoms with van der Waals surface area (Å²) in [7, 11) is 0. The van der Waals surface area contributed by atoms with Crippen LogP contribution in [0.25, 0.3) is 0 Å². The van der Waals surface area contributed by atoms with E-state index >= 15 is 0 Å². The Kier molecular flexibility index (Phi) is 8.48. The van der Waals surface area contributed by atoms with Gasteiger partial charge in [-0.2, -0.15) is 0 Å².